The van der Waals surface area contributed by atoms with Gasteiger partial charge in [0.2, 0.25) is 12.7 Å². The zero-order valence-corrected chi connectivity index (χ0v) is 12.3. The van der Waals surface area contributed by atoms with Crippen molar-refractivity contribution in [1.29, 1.82) is 0 Å². The molecule has 0 saturated heterocycles. The second kappa shape index (κ2) is 6.10. The number of nitrogens with zero attached hydrogens (tertiary/aromatic N) is 1. The van der Waals surface area contributed by atoms with Gasteiger partial charge in [0.25, 0.3) is 0 Å². The Morgan fingerprint density at radius 3 is 3.00 bits per heavy atom. The van der Waals surface area contributed by atoms with Crippen LogP contribution in [0.4, 0.5) is 5.69 Å². The molecule has 0 spiro atoms. The summed E-state index contributed by atoms with van der Waals surface area (Å²) in [5, 5.41) is 3.84. The molecule has 21 heavy (non-hydrogen) atoms. The number of pyridine rings is 1. The average Bonchev–Trinajstić information content (AvgIpc) is 2.96. The molecule has 2 heterocycles. The summed E-state index contributed by atoms with van der Waals surface area (Å²) in [6.45, 7) is 3.37. The van der Waals surface area contributed by atoms with E-state index in [0.717, 1.165) is 11.3 Å². The smallest absolute Gasteiger partial charge is 0.231 e. The van der Waals surface area contributed by atoms with Gasteiger partial charge in [-0.3, -0.25) is 0 Å². The lowest BCUT2D eigenvalue weighted by atomic mass is 10.2. The molecule has 110 valence electrons. The minimum atomic E-state index is 0.217. The summed E-state index contributed by atoms with van der Waals surface area (Å²) in [6.07, 6.45) is 1.74. The van der Waals surface area contributed by atoms with Crippen molar-refractivity contribution < 1.29 is 14.2 Å². The van der Waals surface area contributed by atoms with Crippen molar-refractivity contribution in [2.45, 2.75) is 13.5 Å². The normalized spacial score (nSPS) is 12.3. The van der Waals surface area contributed by atoms with Crippen LogP contribution in [0, 0.1) is 0 Å². The lowest BCUT2D eigenvalue weighted by molar-refractivity contribution is 0.174. The number of hydrogen-bond donors (Lipinski definition) is 1. The zero-order valence-electron chi connectivity index (χ0n) is 11.6. The number of nitrogens with one attached hydrogen (secondary N) is 1. The van der Waals surface area contributed by atoms with Crippen LogP contribution in [0.15, 0.2) is 30.5 Å². The van der Waals surface area contributed by atoms with Gasteiger partial charge < -0.3 is 19.5 Å². The highest BCUT2D eigenvalue weighted by Gasteiger charge is 2.18. The van der Waals surface area contributed by atoms with E-state index in [-0.39, 0.29) is 6.79 Å². The average molecular weight is 307 g/mol. The number of benzene rings is 1. The van der Waals surface area contributed by atoms with Crippen LogP contribution in [0.2, 0.25) is 5.02 Å². The number of rotatable bonds is 5. The summed E-state index contributed by atoms with van der Waals surface area (Å²) < 4.78 is 15.9. The van der Waals surface area contributed by atoms with Crippen LogP contribution in [0.25, 0.3) is 0 Å². The van der Waals surface area contributed by atoms with Crippen molar-refractivity contribution in [3.05, 3.63) is 41.0 Å². The number of ether oxygens (including phenoxy) is 3. The van der Waals surface area contributed by atoms with Crippen molar-refractivity contribution in [2.75, 3.05) is 18.7 Å². The Balaban J connectivity index is 1.66. The van der Waals surface area contributed by atoms with Crippen molar-refractivity contribution >= 4 is 17.3 Å². The number of anilines is 1. The summed E-state index contributed by atoms with van der Waals surface area (Å²) in [5.41, 5.74) is 1.92. The molecule has 2 aromatic rings. The van der Waals surface area contributed by atoms with E-state index in [1.807, 2.05) is 31.2 Å². The highest BCUT2D eigenvalue weighted by atomic mass is 35.5. The summed E-state index contributed by atoms with van der Waals surface area (Å²) in [6, 6.07) is 7.54. The Morgan fingerprint density at radius 1 is 1.33 bits per heavy atom. The van der Waals surface area contributed by atoms with Crippen LogP contribution in [0.5, 0.6) is 17.4 Å². The third-order valence-corrected chi connectivity index (χ3v) is 3.29. The quantitative estimate of drug-likeness (QED) is 0.916. The molecule has 1 aliphatic rings. The standard InChI is InChI=1S/C15H15ClN2O3/c1-2-19-14-4-3-11(8-18-14)17-7-10-5-12(16)15-13(6-10)20-9-21-15/h3-6,8,17H,2,7,9H2,1H3. The minimum Gasteiger partial charge on any atom is -0.478 e. The van der Waals surface area contributed by atoms with Gasteiger partial charge in [-0.1, -0.05) is 11.6 Å². The Labute approximate surface area is 127 Å². The molecule has 3 rings (SSSR count). The fourth-order valence-corrected chi connectivity index (χ4v) is 2.33. The first-order chi connectivity index (χ1) is 10.3. The van der Waals surface area contributed by atoms with Gasteiger partial charge in [0.1, 0.15) is 0 Å². The Kier molecular flexibility index (Phi) is 4.01. The van der Waals surface area contributed by atoms with Gasteiger partial charge in [-0.15, -0.1) is 0 Å². The third-order valence-electron chi connectivity index (χ3n) is 3.01. The number of aromatic nitrogens is 1. The van der Waals surface area contributed by atoms with Crippen LogP contribution in [0.1, 0.15) is 12.5 Å². The van der Waals surface area contributed by atoms with E-state index in [9.17, 15) is 0 Å². The summed E-state index contributed by atoms with van der Waals surface area (Å²) >= 11 is 6.15. The van der Waals surface area contributed by atoms with Crippen LogP contribution < -0.4 is 19.5 Å². The van der Waals surface area contributed by atoms with E-state index in [2.05, 4.69) is 10.3 Å². The Bertz CT molecular complexity index is 632. The first-order valence-corrected chi connectivity index (χ1v) is 7.05. The third kappa shape index (κ3) is 3.13. The molecule has 1 aromatic carbocycles. The minimum absolute atomic E-state index is 0.217. The zero-order chi connectivity index (χ0) is 14.7. The molecule has 5 nitrogen and oxygen atoms in total. The molecule has 0 radical (unpaired) electrons. The SMILES string of the molecule is CCOc1ccc(NCc2cc(Cl)c3c(c2)OCO3)cn1. The second-order valence-electron chi connectivity index (χ2n) is 4.48. The molecular weight excluding hydrogens is 292 g/mol. The Hall–Kier alpha value is -2.14. The summed E-state index contributed by atoms with van der Waals surface area (Å²) in [7, 11) is 0. The van der Waals surface area contributed by atoms with Gasteiger partial charge in [-0.2, -0.15) is 0 Å². The maximum absolute atomic E-state index is 6.15. The van der Waals surface area contributed by atoms with Crippen molar-refractivity contribution in [3.8, 4) is 17.4 Å². The topological polar surface area (TPSA) is 52.6 Å². The van der Waals surface area contributed by atoms with Gasteiger partial charge in [0.05, 0.1) is 23.5 Å². The van der Waals surface area contributed by atoms with Gasteiger partial charge >= 0.3 is 0 Å². The Morgan fingerprint density at radius 2 is 2.24 bits per heavy atom. The molecule has 0 fully saturated rings. The first-order valence-electron chi connectivity index (χ1n) is 6.67. The predicted molar refractivity (Wildman–Crippen MR) is 80.3 cm³/mol. The van der Waals surface area contributed by atoms with E-state index < -0.39 is 0 Å². The molecule has 6 heteroatoms. The lowest BCUT2D eigenvalue weighted by Gasteiger charge is -2.09. The van der Waals surface area contributed by atoms with Gasteiger partial charge in [0, 0.05) is 12.6 Å². The van der Waals surface area contributed by atoms with Gasteiger partial charge in [0.15, 0.2) is 11.5 Å². The molecule has 0 saturated carbocycles. The molecule has 1 aliphatic heterocycles. The van der Waals surface area contributed by atoms with E-state index in [0.29, 0.717) is 35.6 Å². The predicted octanol–water partition coefficient (Wildman–Crippen LogP) is 3.47. The lowest BCUT2D eigenvalue weighted by Crippen LogP contribution is -2.01. The molecule has 0 aliphatic carbocycles. The van der Waals surface area contributed by atoms with Crippen molar-refractivity contribution in [1.82, 2.24) is 4.98 Å². The van der Waals surface area contributed by atoms with Crippen LogP contribution in [0.3, 0.4) is 0 Å². The monoisotopic (exact) mass is 306 g/mol. The molecule has 0 bridgehead atoms. The highest BCUT2D eigenvalue weighted by molar-refractivity contribution is 6.32. The van der Waals surface area contributed by atoms with Crippen molar-refractivity contribution in [2.24, 2.45) is 0 Å². The molecule has 1 N–H and O–H groups in total. The number of hydrogen-bond acceptors (Lipinski definition) is 5. The highest BCUT2D eigenvalue weighted by Crippen LogP contribution is 2.39. The van der Waals surface area contributed by atoms with Crippen LogP contribution in [-0.4, -0.2) is 18.4 Å². The first kappa shape index (κ1) is 13.8. The van der Waals surface area contributed by atoms with Gasteiger partial charge in [-0.25, -0.2) is 4.98 Å². The van der Waals surface area contributed by atoms with E-state index in [1.54, 1.807) is 6.20 Å². The largest absolute Gasteiger partial charge is 0.478 e. The van der Waals surface area contributed by atoms with Crippen LogP contribution >= 0.6 is 11.6 Å². The van der Waals surface area contributed by atoms with E-state index in [1.165, 1.54) is 0 Å². The number of fused-ring (bicyclic) bond motifs is 1. The van der Waals surface area contributed by atoms with Crippen LogP contribution in [-0.2, 0) is 6.54 Å². The number of halogens is 1. The molecule has 0 atom stereocenters. The maximum Gasteiger partial charge on any atom is 0.231 e. The molecule has 0 unspecified atom stereocenters. The molecule has 1 aromatic heterocycles. The van der Waals surface area contributed by atoms with E-state index in [4.69, 9.17) is 25.8 Å². The van der Waals surface area contributed by atoms with Crippen molar-refractivity contribution in [3.63, 3.8) is 0 Å². The summed E-state index contributed by atoms with van der Waals surface area (Å²) in [4.78, 5) is 4.20. The fourth-order valence-electron chi connectivity index (χ4n) is 2.05. The molecule has 0 amide bonds. The summed E-state index contributed by atoms with van der Waals surface area (Å²) in [5.74, 6) is 1.92. The fraction of sp³-hybridized carbons (Fsp3) is 0.267. The molecular formula is C15H15ClN2O3. The second-order valence-corrected chi connectivity index (χ2v) is 4.89. The van der Waals surface area contributed by atoms with Gasteiger partial charge in [-0.05, 0) is 30.7 Å². The maximum atomic E-state index is 6.15. The van der Waals surface area contributed by atoms with E-state index >= 15 is 0 Å².